The first kappa shape index (κ1) is 38.5. The molecule has 4 heteroatoms. The normalized spacial score (nSPS) is 11.6. The summed E-state index contributed by atoms with van der Waals surface area (Å²) in [6.45, 7) is 0. The van der Waals surface area contributed by atoms with Gasteiger partial charge < -0.3 is 4.57 Å². The number of fused-ring (bicyclic) bond motifs is 9. The van der Waals surface area contributed by atoms with Crippen LogP contribution in [0, 0.1) is 0 Å². The average Bonchev–Trinajstić information content (AvgIpc) is 3.75. The van der Waals surface area contributed by atoms with E-state index in [9.17, 15) is 0 Å². The van der Waals surface area contributed by atoms with E-state index in [0.29, 0.717) is 17.5 Å². The smallest absolute Gasteiger partial charge is 0.164 e. The lowest BCUT2D eigenvalue weighted by Gasteiger charge is -2.14. The van der Waals surface area contributed by atoms with E-state index < -0.39 is 0 Å². The summed E-state index contributed by atoms with van der Waals surface area (Å²) in [5.74, 6) is 1.87. The molecule has 4 nitrogen and oxygen atoms in total. The van der Waals surface area contributed by atoms with E-state index in [-0.39, 0.29) is 0 Å². The van der Waals surface area contributed by atoms with Crippen LogP contribution < -0.4 is 0 Å². The Bertz CT molecular complexity index is 3920. The van der Waals surface area contributed by atoms with Gasteiger partial charge in [-0.3, -0.25) is 0 Å². The van der Waals surface area contributed by atoms with Gasteiger partial charge in [0.2, 0.25) is 0 Å². The number of para-hydroxylation sites is 2. The molecule has 0 N–H and O–H groups in total. The molecule has 2 aromatic heterocycles. The molecule has 67 heavy (non-hydrogen) atoms. The van der Waals surface area contributed by atoms with Crippen molar-refractivity contribution < 1.29 is 0 Å². The maximum absolute atomic E-state index is 5.26. The molecule has 0 aliphatic carbocycles. The fourth-order valence-electron chi connectivity index (χ4n) is 9.98. The maximum atomic E-state index is 5.26. The van der Waals surface area contributed by atoms with Crippen LogP contribution in [0.5, 0.6) is 0 Å². The third-order valence-corrected chi connectivity index (χ3v) is 13.2. The van der Waals surface area contributed by atoms with Crippen molar-refractivity contribution in [2.75, 3.05) is 0 Å². The highest BCUT2D eigenvalue weighted by molar-refractivity contribution is 6.26. The van der Waals surface area contributed by atoms with Crippen LogP contribution >= 0.6 is 0 Å². The summed E-state index contributed by atoms with van der Waals surface area (Å²) in [6.07, 6.45) is 0. The Morgan fingerprint density at radius 1 is 0.209 bits per heavy atom. The van der Waals surface area contributed by atoms with Crippen molar-refractivity contribution in [3.63, 3.8) is 0 Å². The SMILES string of the molecule is c1ccc(-c2cccc(-c3nc(-c4cccc(-c5ccccc5)c4)nc(-c4ccc5c6cc(-c7ccc8c(c7)c7ccccc7n8-c7ccccc7)ccc6c6ccccc6c5c4)n3)c2)cc1. The molecule has 0 saturated heterocycles. The molecule has 0 atom stereocenters. The number of hydrogen-bond donors (Lipinski definition) is 0. The standard InChI is InChI=1S/C63H40N4/c1-4-16-41(17-5-1)43-20-14-22-47(36-43)61-64-62(48-23-15-21-44(37-48)42-18-6-2-7-19-42)66-63(65-61)49-31-34-54-56-38-45(30-33-53(56)51-26-10-11-27-52(51)57(54)40-49)46-32-35-60-58(39-46)55-28-12-13-29-59(55)67(60)50-24-8-3-9-25-50/h1-40H. The number of benzene rings is 11. The van der Waals surface area contributed by atoms with Gasteiger partial charge in [0.25, 0.3) is 0 Å². The quantitative estimate of drug-likeness (QED) is 0.150. The highest BCUT2D eigenvalue weighted by Crippen LogP contribution is 2.41. The molecule has 13 rings (SSSR count). The zero-order valence-electron chi connectivity index (χ0n) is 36.4. The summed E-state index contributed by atoms with van der Waals surface area (Å²) in [5, 5.41) is 9.64. The molecule has 0 amide bonds. The van der Waals surface area contributed by atoms with E-state index >= 15 is 0 Å². The molecule has 11 aromatic carbocycles. The first-order valence-corrected chi connectivity index (χ1v) is 22.8. The van der Waals surface area contributed by atoms with Crippen LogP contribution in [0.1, 0.15) is 0 Å². The van der Waals surface area contributed by atoms with Gasteiger partial charge in [-0.25, -0.2) is 15.0 Å². The Morgan fingerprint density at radius 2 is 0.567 bits per heavy atom. The summed E-state index contributed by atoms with van der Waals surface area (Å²) in [7, 11) is 0. The fraction of sp³-hybridized carbons (Fsp3) is 0. The molecule has 0 aliphatic rings. The third-order valence-electron chi connectivity index (χ3n) is 13.2. The minimum absolute atomic E-state index is 0.623. The van der Waals surface area contributed by atoms with Crippen LogP contribution in [0.25, 0.3) is 127 Å². The van der Waals surface area contributed by atoms with Crippen molar-refractivity contribution in [1.29, 1.82) is 0 Å². The Morgan fingerprint density at radius 3 is 1.16 bits per heavy atom. The maximum Gasteiger partial charge on any atom is 0.164 e. The van der Waals surface area contributed by atoms with Gasteiger partial charge in [0.15, 0.2) is 17.5 Å². The van der Waals surface area contributed by atoms with Gasteiger partial charge in [-0.15, -0.1) is 0 Å². The molecule has 0 unspecified atom stereocenters. The highest BCUT2D eigenvalue weighted by atomic mass is 15.0. The first-order valence-electron chi connectivity index (χ1n) is 22.8. The Labute approximate surface area is 387 Å². The van der Waals surface area contributed by atoms with Crippen LogP contribution in [-0.4, -0.2) is 19.5 Å². The fourth-order valence-corrected chi connectivity index (χ4v) is 9.98. The second kappa shape index (κ2) is 15.9. The van der Waals surface area contributed by atoms with Crippen molar-refractivity contribution in [1.82, 2.24) is 19.5 Å². The molecule has 0 fully saturated rings. The summed E-state index contributed by atoms with van der Waals surface area (Å²) in [4.78, 5) is 15.7. The van der Waals surface area contributed by atoms with E-state index in [1.807, 2.05) is 12.1 Å². The van der Waals surface area contributed by atoms with Crippen LogP contribution in [-0.2, 0) is 0 Å². The van der Waals surface area contributed by atoms with Crippen molar-refractivity contribution >= 4 is 54.1 Å². The molecule has 0 radical (unpaired) electrons. The van der Waals surface area contributed by atoms with Crippen LogP contribution in [0.3, 0.4) is 0 Å². The highest BCUT2D eigenvalue weighted by Gasteiger charge is 2.18. The van der Waals surface area contributed by atoms with Gasteiger partial charge >= 0.3 is 0 Å². The van der Waals surface area contributed by atoms with Crippen LogP contribution in [0.4, 0.5) is 0 Å². The molecule has 312 valence electrons. The second-order valence-electron chi connectivity index (χ2n) is 17.2. The predicted octanol–water partition coefficient (Wildman–Crippen LogP) is 16.4. The van der Waals surface area contributed by atoms with Gasteiger partial charge in [0.05, 0.1) is 11.0 Å². The van der Waals surface area contributed by atoms with Gasteiger partial charge in [0, 0.05) is 33.2 Å². The van der Waals surface area contributed by atoms with E-state index in [0.717, 1.165) is 50.0 Å². The average molecular weight is 853 g/mol. The zero-order chi connectivity index (χ0) is 44.3. The lowest BCUT2D eigenvalue weighted by molar-refractivity contribution is 1.07. The van der Waals surface area contributed by atoms with Gasteiger partial charge in [-0.1, -0.05) is 188 Å². The Kier molecular flexibility index (Phi) is 9.14. The van der Waals surface area contributed by atoms with Crippen LogP contribution in [0.15, 0.2) is 243 Å². The summed E-state index contributed by atoms with van der Waals surface area (Å²) < 4.78 is 2.37. The summed E-state index contributed by atoms with van der Waals surface area (Å²) in [6, 6.07) is 86.5. The third kappa shape index (κ3) is 6.74. The van der Waals surface area contributed by atoms with Crippen LogP contribution in [0.2, 0.25) is 0 Å². The Hall–Kier alpha value is -8.99. The molecule has 0 spiro atoms. The lowest BCUT2D eigenvalue weighted by Crippen LogP contribution is -2.00. The number of aromatic nitrogens is 4. The summed E-state index contributed by atoms with van der Waals surface area (Å²) in [5.41, 5.74) is 13.2. The number of nitrogens with zero attached hydrogens (tertiary/aromatic N) is 4. The zero-order valence-corrected chi connectivity index (χ0v) is 36.4. The largest absolute Gasteiger partial charge is 0.309 e. The predicted molar refractivity (Wildman–Crippen MR) is 279 cm³/mol. The van der Waals surface area contributed by atoms with Gasteiger partial charge in [0.1, 0.15) is 0 Å². The Balaban J connectivity index is 0.978. The first-order chi connectivity index (χ1) is 33.2. The minimum atomic E-state index is 0.623. The molecule has 13 aromatic rings. The van der Waals surface area contributed by atoms with Crippen molar-refractivity contribution in [3.05, 3.63) is 243 Å². The van der Waals surface area contributed by atoms with E-state index in [1.54, 1.807) is 0 Å². The molecule has 2 heterocycles. The molecule has 0 saturated carbocycles. The van der Waals surface area contributed by atoms with Gasteiger partial charge in [-0.05, 0) is 120 Å². The molecule has 0 bridgehead atoms. The lowest BCUT2D eigenvalue weighted by atomic mass is 9.91. The molecule has 0 aliphatic heterocycles. The second-order valence-corrected chi connectivity index (χ2v) is 17.2. The van der Waals surface area contributed by atoms with Gasteiger partial charge in [-0.2, -0.15) is 0 Å². The van der Waals surface area contributed by atoms with E-state index in [4.69, 9.17) is 15.0 Å². The van der Waals surface area contributed by atoms with Crippen molar-refractivity contribution in [2.45, 2.75) is 0 Å². The monoisotopic (exact) mass is 852 g/mol. The number of hydrogen-bond acceptors (Lipinski definition) is 3. The molecular formula is C63H40N4. The van der Waals surface area contributed by atoms with E-state index in [1.165, 1.54) is 59.9 Å². The van der Waals surface area contributed by atoms with Crippen molar-refractivity contribution in [2.24, 2.45) is 0 Å². The van der Waals surface area contributed by atoms with Crippen molar-refractivity contribution in [3.8, 4) is 73.2 Å². The minimum Gasteiger partial charge on any atom is -0.309 e. The molecular weight excluding hydrogens is 813 g/mol. The number of rotatable bonds is 7. The topological polar surface area (TPSA) is 43.6 Å². The van der Waals surface area contributed by atoms with E-state index in [2.05, 4.69) is 235 Å². The summed E-state index contributed by atoms with van der Waals surface area (Å²) >= 11 is 0.